The molecule has 0 fully saturated rings. The van der Waals surface area contributed by atoms with Crippen molar-refractivity contribution in [3.8, 4) is 11.1 Å². The average Bonchev–Trinajstić information content (AvgIpc) is 3.04. The van der Waals surface area contributed by atoms with Crippen molar-refractivity contribution in [2.75, 3.05) is 13.2 Å². The zero-order chi connectivity index (χ0) is 23.5. The first-order chi connectivity index (χ1) is 15.0. The largest absolute Gasteiger partial charge is 0.479 e. The molecular formula is C24H28N2O6. The highest BCUT2D eigenvalue weighted by molar-refractivity contribution is 6.03. The SMILES string of the molecule is CC(C)(C)OC(=O)NCCC(N)(C(=O)O)C(=O)OCC1c2ccccc2-c2ccccc21. The molecule has 8 heteroatoms. The van der Waals surface area contributed by atoms with E-state index in [0.717, 1.165) is 22.3 Å². The number of nitrogens with two attached hydrogens (primary N) is 1. The number of amides is 1. The molecule has 2 aromatic carbocycles. The fraction of sp³-hybridized carbons (Fsp3) is 0.375. The van der Waals surface area contributed by atoms with E-state index >= 15 is 0 Å². The fourth-order valence-corrected chi connectivity index (χ4v) is 3.70. The first kappa shape index (κ1) is 23.3. The molecule has 4 N–H and O–H groups in total. The van der Waals surface area contributed by atoms with Crippen molar-refractivity contribution in [3.05, 3.63) is 59.7 Å². The molecule has 1 aliphatic rings. The molecule has 0 bridgehead atoms. The highest BCUT2D eigenvalue weighted by Gasteiger charge is 2.44. The van der Waals surface area contributed by atoms with Gasteiger partial charge in [-0.05, 0) is 43.0 Å². The lowest BCUT2D eigenvalue weighted by molar-refractivity contribution is -0.161. The lowest BCUT2D eigenvalue weighted by atomic mass is 9.95. The normalized spacial score (nSPS) is 14.6. The number of carbonyl (C=O) groups excluding carboxylic acids is 2. The molecule has 0 saturated heterocycles. The van der Waals surface area contributed by atoms with Gasteiger partial charge in [-0.25, -0.2) is 14.4 Å². The van der Waals surface area contributed by atoms with Gasteiger partial charge in [0, 0.05) is 18.9 Å². The lowest BCUT2D eigenvalue weighted by Gasteiger charge is -2.25. The van der Waals surface area contributed by atoms with Gasteiger partial charge in [0.15, 0.2) is 0 Å². The molecule has 2 aromatic rings. The van der Waals surface area contributed by atoms with Gasteiger partial charge in [0.25, 0.3) is 0 Å². The number of carboxylic acid groups (broad SMARTS) is 1. The summed E-state index contributed by atoms with van der Waals surface area (Å²) in [6.07, 6.45) is -1.07. The molecular weight excluding hydrogens is 412 g/mol. The van der Waals surface area contributed by atoms with E-state index in [4.69, 9.17) is 15.2 Å². The summed E-state index contributed by atoms with van der Waals surface area (Å²) in [5.74, 6) is -2.80. The summed E-state index contributed by atoms with van der Waals surface area (Å²) in [7, 11) is 0. The smallest absolute Gasteiger partial charge is 0.407 e. The number of alkyl carbamates (subject to hydrolysis) is 1. The predicted molar refractivity (Wildman–Crippen MR) is 118 cm³/mol. The second-order valence-electron chi connectivity index (χ2n) is 8.78. The number of fused-ring (bicyclic) bond motifs is 3. The van der Waals surface area contributed by atoms with Crippen LogP contribution >= 0.6 is 0 Å². The number of hydrogen-bond donors (Lipinski definition) is 3. The maximum atomic E-state index is 12.7. The van der Waals surface area contributed by atoms with E-state index in [0.29, 0.717) is 0 Å². The quantitative estimate of drug-likeness (QED) is 0.446. The van der Waals surface area contributed by atoms with E-state index in [1.54, 1.807) is 20.8 Å². The van der Waals surface area contributed by atoms with Gasteiger partial charge in [-0.1, -0.05) is 48.5 Å². The third-order valence-electron chi connectivity index (χ3n) is 5.28. The molecule has 0 aliphatic heterocycles. The Labute approximate surface area is 186 Å². The van der Waals surface area contributed by atoms with Crippen LogP contribution in [0.5, 0.6) is 0 Å². The molecule has 0 spiro atoms. The number of ether oxygens (including phenoxy) is 2. The monoisotopic (exact) mass is 440 g/mol. The summed E-state index contributed by atoms with van der Waals surface area (Å²) in [6, 6.07) is 15.6. The molecule has 170 valence electrons. The van der Waals surface area contributed by atoms with Crippen LogP contribution < -0.4 is 11.1 Å². The first-order valence-electron chi connectivity index (χ1n) is 10.4. The van der Waals surface area contributed by atoms with Gasteiger partial charge in [0.05, 0.1) is 0 Å². The number of rotatable bonds is 7. The Kier molecular flexibility index (Phi) is 6.55. The van der Waals surface area contributed by atoms with Crippen molar-refractivity contribution in [2.45, 2.75) is 44.2 Å². The Balaban J connectivity index is 1.67. The van der Waals surface area contributed by atoms with Gasteiger partial charge in [-0.3, -0.25) is 0 Å². The first-order valence-corrected chi connectivity index (χ1v) is 10.4. The van der Waals surface area contributed by atoms with Crippen LogP contribution in [0.4, 0.5) is 4.79 Å². The standard InChI is InChI=1S/C24H28N2O6/c1-23(2,3)32-22(30)26-13-12-24(25,20(27)28)21(29)31-14-19-17-10-6-4-8-15(17)16-9-5-7-11-18(16)19/h4-11,19H,12-14,25H2,1-3H3,(H,26,30)(H,27,28). The summed E-state index contributed by atoms with van der Waals surface area (Å²) in [5.41, 5.74) is 7.03. The van der Waals surface area contributed by atoms with Gasteiger partial charge >= 0.3 is 18.0 Å². The Morgan fingerprint density at radius 2 is 1.53 bits per heavy atom. The Morgan fingerprint density at radius 1 is 1.00 bits per heavy atom. The summed E-state index contributed by atoms with van der Waals surface area (Å²) in [4.78, 5) is 36.3. The molecule has 1 unspecified atom stereocenters. The molecule has 1 aliphatic carbocycles. The molecule has 0 aromatic heterocycles. The molecule has 8 nitrogen and oxygen atoms in total. The summed E-state index contributed by atoms with van der Waals surface area (Å²) in [6.45, 7) is 4.90. The highest BCUT2D eigenvalue weighted by Crippen LogP contribution is 2.44. The van der Waals surface area contributed by atoms with E-state index in [2.05, 4.69) is 5.32 Å². The van der Waals surface area contributed by atoms with Gasteiger partial charge in [-0.2, -0.15) is 0 Å². The zero-order valence-corrected chi connectivity index (χ0v) is 18.4. The summed E-state index contributed by atoms with van der Waals surface area (Å²) >= 11 is 0. The maximum Gasteiger partial charge on any atom is 0.407 e. The molecule has 0 heterocycles. The number of esters is 1. The molecule has 0 radical (unpaired) electrons. The lowest BCUT2D eigenvalue weighted by Crippen LogP contribution is -2.57. The van der Waals surface area contributed by atoms with E-state index in [1.807, 2.05) is 48.5 Å². The number of carboxylic acids is 1. The minimum atomic E-state index is -2.30. The molecule has 0 saturated carbocycles. The van der Waals surface area contributed by atoms with Crippen molar-refractivity contribution in [1.82, 2.24) is 5.32 Å². The Bertz CT molecular complexity index is 984. The van der Waals surface area contributed by atoms with Crippen molar-refractivity contribution in [2.24, 2.45) is 5.73 Å². The van der Waals surface area contributed by atoms with Crippen LogP contribution in [0.3, 0.4) is 0 Å². The fourth-order valence-electron chi connectivity index (χ4n) is 3.70. The topological polar surface area (TPSA) is 128 Å². The van der Waals surface area contributed by atoms with E-state index in [-0.39, 0.29) is 25.5 Å². The van der Waals surface area contributed by atoms with Crippen LogP contribution in [-0.4, -0.2) is 47.4 Å². The van der Waals surface area contributed by atoms with Crippen LogP contribution in [0.2, 0.25) is 0 Å². The number of benzene rings is 2. The average molecular weight is 440 g/mol. The number of hydrogen-bond acceptors (Lipinski definition) is 6. The van der Waals surface area contributed by atoms with E-state index in [9.17, 15) is 19.5 Å². The van der Waals surface area contributed by atoms with Crippen molar-refractivity contribution < 1.29 is 29.0 Å². The second kappa shape index (κ2) is 9.00. The van der Waals surface area contributed by atoms with Crippen LogP contribution in [0.15, 0.2) is 48.5 Å². The highest BCUT2D eigenvalue weighted by atomic mass is 16.6. The minimum absolute atomic E-state index is 0.0431. The van der Waals surface area contributed by atoms with Crippen LogP contribution in [0.25, 0.3) is 11.1 Å². The van der Waals surface area contributed by atoms with Crippen molar-refractivity contribution in [3.63, 3.8) is 0 Å². The molecule has 1 amide bonds. The van der Waals surface area contributed by atoms with E-state index < -0.39 is 29.2 Å². The maximum absolute atomic E-state index is 12.7. The molecule has 32 heavy (non-hydrogen) atoms. The number of carbonyl (C=O) groups is 3. The van der Waals surface area contributed by atoms with Crippen LogP contribution in [0.1, 0.15) is 44.2 Å². The minimum Gasteiger partial charge on any atom is -0.479 e. The van der Waals surface area contributed by atoms with Crippen LogP contribution in [0, 0.1) is 0 Å². The molecule has 1 atom stereocenters. The second-order valence-corrected chi connectivity index (χ2v) is 8.78. The summed E-state index contributed by atoms with van der Waals surface area (Å²) in [5, 5.41) is 12.0. The van der Waals surface area contributed by atoms with Gasteiger partial charge in [0.2, 0.25) is 5.54 Å². The van der Waals surface area contributed by atoms with Crippen molar-refractivity contribution in [1.29, 1.82) is 0 Å². The zero-order valence-electron chi connectivity index (χ0n) is 18.4. The Hall–Kier alpha value is -3.39. The Morgan fingerprint density at radius 3 is 2.03 bits per heavy atom. The number of nitrogens with one attached hydrogen (secondary N) is 1. The van der Waals surface area contributed by atoms with E-state index in [1.165, 1.54) is 0 Å². The number of aliphatic carboxylic acids is 1. The summed E-state index contributed by atoms with van der Waals surface area (Å²) < 4.78 is 10.5. The van der Waals surface area contributed by atoms with Crippen molar-refractivity contribution >= 4 is 18.0 Å². The third-order valence-corrected chi connectivity index (χ3v) is 5.28. The van der Waals surface area contributed by atoms with Crippen LogP contribution in [-0.2, 0) is 19.1 Å². The molecule has 3 rings (SSSR count). The van der Waals surface area contributed by atoms with Gasteiger partial charge in [-0.15, -0.1) is 0 Å². The van der Waals surface area contributed by atoms with Gasteiger partial charge < -0.3 is 25.6 Å². The third kappa shape index (κ3) is 4.91. The van der Waals surface area contributed by atoms with Gasteiger partial charge in [0.1, 0.15) is 12.2 Å². The predicted octanol–water partition coefficient (Wildman–Crippen LogP) is 3.04.